The minimum absolute atomic E-state index is 0.255. The molecule has 0 aliphatic rings. The number of rotatable bonds is 12. The van der Waals surface area contributed by atoms with Crippen LogP contribution in [0.3, 0.4) is 0 Å². The smallest absolute Gasteiger partial charge is 0.338 e. The molecule has 0 amide bonds. The van der Waals surface area contributed by atoms with Crippen molar-refractivity contribution >= 4 is 23.9 Å². The summed E-state index contributed by atoms with van der Waals surface area (Å²) in [5, 5.41) is 0. The van der Waals surface area contributed by atoms with Crippen LogP contribution in [0, 0.1) is 5.41 Å². The van der Waals surface area contributed by atoms with Crippen molar-refractivity contribution in [2.24, 2.45) is 5.41 Å². The van der Waals surface area contributed by atoms with Crippen LogP contribution >= 0.6 is 0 Å². The van der Waals surface area contributed by atoms with Crippen LogP contribution in [-0.4, -0.2) is 50.3 Å². The third-order valence-electron chi connectivity index (χ3n) is 5.85. The molecule has 4 rings (SSSR count). The first-order chi connectivity index (χ1) is 20.0. The lowest BCUT2D eigenvalue weighted by Gasteiger charge is -2.31. The van der Waals surface area contributed by atoms with E-state index in [0.29, 0.717) is 0 Å². The molecule has 0 radical (unpaired) electrons. The minimum atomic E-state index is -1.46. The number of aromatic amines is 4. The molecule has 41 heavy (non-hydrogen) atoms. The maximum Gasteiger partial charge on any atom is 0.338 e. The molecule has 0 saturated heterocycles. The second-order valence-corrected chi connectivity index (χ2v) is 8.96. The fourth-order valence-electron chi connectivity index (χ4n) is 3.55. The summed E-state index contributed by atoms with van der Waals surface area (Å²) < 4.78 is 22.3. The highest BCUT2D eigenvalue weighted by Gasteiger charge is 2.38. The molecule has 0 atom stereocenters. The Balaban J connectivity index is 1.58. The van der Waals surface area contributed by atoms with Crippen molar-refractivity contribution in [1.82, 2.24) is 0 Å². The molecule has 0 aliphatic heterocycles. The number of ether oxygens (including phenoxy) is 4. The van der Waals surface area contributed by atoms with Crippen molar-refractivity contribution in [3.05, 3.63) is 120 Å². The van der Waals surface area contributed by atoms with Crippen LogP contribution in [0.1, 0.15) is 41.4 Å². The summed E-state index contributed by atoms with van der Waals surface area (Å²) in [7, 11) is 0. The predicted octanol–water partition coefficient (Wildman–Crippen LogP) is 0.657. The summed E-state index contributed by atoms with van der Waals surface area (Å²) in [5.74, 6) is -2.71. The summed E-state index contributed by atoms with van der Waals surface area (Å²) in [4.78, 5) is 62.5. The number of carbonyl (C=O) groups is 4. The summed E-state index contributed by atoms with van der Waals surface area (Å²) >= 11 is 0. The van der Waals surface area contributed by atoms with Gasteiger partial charge in [-0.15, -0.1) is 0 Å². The number of pyridine rings is 4. The highest BCUT2D eigenvalue weighted by Crippen LogP contribution is 2.24. The van der Waals surface area contributed by atoms with Gasteiger partial charge in [0, 0.05) is 48.5 Å². The van der Waals surface area contributed by atoms with Gasteiger partial charge in [-0.25, -0.2) is 39.1 Å². The van der Waals surface area contributed by atoms with E-state index in [0.717, 1.165) is 0 Å². The Morgan fingerprint density at radius 2 is 0.610 bits per heavy atom. The molecule has 0 bridgehead atoms. The van der Waals surface area contributed by atoms with E-state index in [9.17, 15) is 19.2 Å². The lowest BCUT2D eigenvalue weighted by Crippen LogP contribution is -2.44. The molecular formula is C29H28N4O8+4. The van der Waals surface area contributed by atoms with Gasteiger partial charge in [0.1, 0.15) is 31.8 Å². The Labute approximate surface area is 234 Å². The predicted molar refractivity (Wildman–Crippen MR) is 136 cm³/mol. The molecule has 12 heteroatoms. The first kappa shape index (κ1) is 28.5. The largest absolute Gasteiger partial charge is 0.461 e. The summed E-state index contributed by atoms with van der Waals surface area (Å²) in [6.45, 7) is -1.64. The van der Waals surface area contributed by atoms with Gasteiger partial charge in [-0.05, 0) is 0 Å². The van der Waals surface area contributed by atoms with E-state index in [1.54, 1.807) is 49.6 Å². The highest BCUT2D eigenvalue weighted by molar-refractivity contribution is 5.90. The molecule has 4 aromatic rings. The van der Waals surface area contributed by atoms with Crippen molar-refractivity contribution < 1.29 is 58.1 Å². The van der Waals surface area contributed by atoms with Crippen LogP contribution in [0.5, 0.6) is 0 Å². The van der Waals surface area contributed by atoms with E-state index in [-0.39, 0.29) is 22.3 Å². The lowest BCUT2D eigenvalue weighted by atomic mass is 9.92. The molecule has 0 saturated carbocycles. The van der Waals surface area contributed by atoms with Gasteiger partial charge in [-0.2, -0.15) is 0 Å². The Bertz CT molecular complexity index is 1230. The van der Waals surface area contributed by atoms with Gasteiger partial charge in [0.25, 0.3) is 0 Å². The normalized spacial score (nSPS) is 10.7. The molecule has 0 spiro atoms. The highest BCUT2D eigenvalue weighted by atomic mass is 16.6. The van der Waals surface area contributed by atoms with Crippen LogP contribution in [0.4, 0.5) is 0 Å². The zero-order chi connectivity index (χ0) is 28.9. The Morgan fingerprint density at radius 3 is 0.805 bits per heavy atom. The van der Waals surface area contributed by atoms with Crippen molar-refractivity contribution in [2.45, 2.75) is 0 Å². The van der Waals surface area contributed by atoms with E-state index >= 15 is 0 Å². The third-order valence-corrected chi connectivity index (χ3v) is 5.85. The number of esters is 4. The molecule has 208 valence electrons. The quantitative estimate of drug-likeness (QED) is 0.180. The van der Waals surface area contributed by atoms with Gasteiger partial charge in [-0.1, -0.05) is 0 Å². The van der Waals surface area contributed by atoms with E-state index in [4.69, 9.17) is 18.9 Å². The average molecular weight is 561 g/mol. The second kappa shape index (κ2) is 14.0. The van der Waals surface area contributed by atoms with Gasteiger partial charge in [-0.3, -0.25) is 0 Å². The Kier molecular flexibility index (Phi) is 9.75. The van der Waals surface area contributed by atoms with Crippen LogP contribution < -0.4 is 19.9 Å². The molecule has 4 aromatic heterocycles. The SMILES string of the molecule is O=C(OCC(COC(=O)c1cc[nH+]cc1)(COC(=O)c1cc[nH+]cc1)COC(=O)c1cc[nH+]cc1)c1cc[nH+]cc1. The number of H-pyrrole nitrogens is 4. The number of aromatic nitrogens is 4. The monoisotopic (exact) mass is 560 g/mol. The first-order valence-corrected chi connectivity index (χ1v) is 12.5. The number of nitrogens with one attached hydrogen (secondary N) is 4. The standard InChI is InChI=1S/C29H24N4O8/c34-25(21-1-9-30-10-2-21)38-17-29(18-39-26(35)22-3-11-31-12-4-22,19-40-27(36)23-5-13-32-14-6-23)20-41-28(37)24-7-15-33-16-8-24/h1-16H,17-20H2/p+4. The van der Waals surface area contributed by atoms with Crippen molar-refractivity contribution in [1.29, 1.82) is 0 Å². The Hall–Kier alpha value is -5.52. The topological polar surface area (TPSA) is 162 Å². The zero-order valence-corrected chi connectivity index (χ0v) is 21.8. The van der Waals surface area contributed by atoms with E-state index in [2.05, 4.69) is 19.9 Å². The van der Waals surface area contributed by atoms with Gasteiger partial charge in [0.2, 0.25) is 0 Å². The zero-order valence-electron chi connectivity index (χ0n) is 21.8. The maximum absolute atomic E-state index is 12.8. The van der Waals surface area contributed by atoms with Crippen molar-refractivity contribution in [2.75, 3.05) is 26.4 Å². The Morgan fingerprint density at radius 1 is 0.415 bits per heavy atom. The van der Waals surface area contributed by atoms with E-state index < -0.39 is 55.7 Å². The average Bonchev–Trinajstić information content (AvgIpc) is 3.05. The fraction of sp³-hybridized carbons (Fsp3) is 0.172. The number of carbonyl (C=O) groups excluding carboxylic acids is 4. The van der Waals surface area contributed by atoms with Crippen LogP contribution in [-0.2, 0) is 18.9 Å². The van der Waals surface area contributed by atoms with Gasteiger partial charge >= 0.3 is 23.9 Å². The molecule has 0 unspecified atom stereocenters. The number of hydrogen-bond donors (Lipinski definition) is 0. The molecule has 12 nitrogen and oxygen atoms in total. The summed E-state index contributed by atoms with van der Waals surface area (Å²) in [5.41, 5.74) is -0.439. The van der Waals surface area contributed by atoms with Gasteiger partial charge in [0.05, 0.1) is 22.3 Å². The molecule has 4 heterocycles. The van der Waals surface area contributed by atoms with Gasteiger partial charge < -0.3 is 18.9 Å². The fourth-order valence-corrected chi connectivity index (χ4v) is 3.55. The van der Waals surface area contributed by atoms with Crippen LogP contribution in [0.2, 0.25) is 0 Å². The van der Waals surface area contributed by atoms with Crippen LogP contribution in [0.25, 0.3) is 0 Å². The molecule has 0 aliphatic carbocycles. The third kappa shape index (κ3) is 8.23. The lowest BCUT2D eigenvalue weighted by molar-refractivity contribution is -0.378. The minimum Gasteiger partial charge on any atom is -0.461 e. The number of hydrogen-bond acceptors (Lipinski definition) is 8. The molecule has 0 aromatic carbocycles. The maximum atomic E-state index is 12.8. The van der Waals surface area contributed by atoms with E-state index in [1.807, 2.05) is 0 Å². The second-order valence-electron chi connectivity index (χ2n) is 8.96. The molecule has 4 N–H and O–H groups in total. The molecule has 0 fully saturated rings. The van der Waals surface area contributed by atoms with E-state index in [1.165, 1.54) is 48.5 Å². The summed E-state index contributed by atoms with van der Waals surface area (Å²) in [6.07, 6.45) is 12.5. The summed E-state index contributed by atoms with van der Waals surface area (Å²) in [6, 6.07) is 12.2. The van der Waals surface area contributed by atoms with Crippen LogP contribution in [0.15, 0.2) is 98.1 Å². The molecular weight excluding hydrogens is 532 g/mol. The van der Waals surface area contributed by atoms with Gasteiger partial charge in [0.15, 0.2) is 49.6 Å². The first-order valence-electron chi connectivity index (χ1n) is 12.5. The van der Waals surface area contributed by atoms with Crippen molar-refractivity contribution in [3.8, 4) is 0 Å². The van der Waals surface area contributed by atoms with Crippen molar-refractivity contribution in [3.63, 3.8) is 0 Å².